The molecule has 5 rings (SSSR count). The molecule has 0 fully saturated rings. The summed E-state index contributed by atoms with van der Waals surface area (Å²) < 4.78 is 3.99. The zero-order valence-electron chi connectivity index (χ0n) is 18.7. The number of aryl methyl sites for hydroxylation is 2. The van der Waals surface area contributed by atoms with Crippen LogP contribution in [-0.4, -0.2) is 24.7 Å². The average Bonchev–Trinajstić information content (AvgIpc) is 3.20. The van der Waals surface area contributed by atoms with E-state index in [0.29, 0.717) is 35.4 Å². The van der Waals surface area contributed by atoms with Crippen molar-refractivity contribution in [3.8, 4) is 0 Å². The van der Waals surface area contributed by atoms with Gasteiger partial charge in [0.1, 0.15) is 6.54 Å². The first-order chi connectivity index (χ1) is 17.0. The van der Waals surface area contributed by atoms with E-state index in [1.54, 1.807) is 36.4 Å². The van der Waals surface area contributed by atoms with Gasteiger partial charge in [0.05, 0.1) is 10.9 Å². The normalized spacial score (nSPS) is 11.2. The molecule has 2 aromatic heterocycles. The van der Waals surface area contributed by atoms with Crippen LogP contribution in [0.25, 0.3) is 16.7 Å². The minimum Gasteiger partial charge on any atom is -0.350 e. The number of benzene rings is 3. The van der Waals surface area contributed by atoms with Crippen molar-refractivity contribution in [2.45, 2.75) is 26.1 Å². The summed E-state index contributed by atoms with van der Waals surface area (Å²) in [4.78, 5) is 39.2. The van der Waals surface area contributed by atoms with E-state index >= 15 is 0 Å². The molecule has 3 aromatic carbocycles. The highest BCUT2D eigenvalue weighted by molar-refractivity contribution is 6.30. The number of carbonyl (C=O) groups excluding carboxylic acids is 1. The van der Waals surface area contributed by atoms with E-state index in [-0.39, 0.29) is 23.8 Å². The summed E-state index contributed by atoms with van der Waals surface area (Å²) in [5.74, 6) is -0.159. The first kappa shape index (κ1) is 22.6. The third-order valence-electron chi connectivity index (χ3n) is 5.85. The van der Waals surface area contributed by atoms with Crippen LogP contribution in [0.4, 0.5) is 0 Å². The number of nitrogens with zero attached hydrogens (tertiary/aromatic N) is 4. The Morgan fingerprint density at radius 1 is 0.886 bits per heavy atom. The van der Waals surface area contributed by atoms with E-state index in [1.807, 2.05) is 42.5 Å². The largest absolute Gasteiger partial charge is 0.352 e. The molecule has 0 aliphatic heterocycles. The lowest BCUT2D eigenvalue weighted by Gasteiger charge is -2.09. The summed E-state index contributed by atoms with van der Waals surface area (Å²) in [5.41, 5.74) is 1.70. The maximum atomic E-state index is 13.3. The number of fused-ring (bicyclic) bond motifs is 3. The predicted molar refractivity (Wildman–Crippen MR) is 135 cm³/mol. The van der Waals surface area contributed by atoms with Crippen molar-refractivity contribution >= 4 is 34.2 Å². The van der Waals surface area contributed by atoms with Gasteiger partial charge in [-0.2, -0.15) is 0 Å². The molecule has 2 heterocycles. The van der Waals surface area contributed by atoms with E-state index in [4.69, 9.17) is 11.6 Å². The van der Waals surface area contributed by atoms with Crippen molar-refractivity contribution in [2.24, 2.45) is 0 Å². The molecule has 8 nitrogen and oxygen atoms in total. The summed E-state index contributed by atoms with van der Waals surface area (Å²) in [6.45, 7) is 0.370. The molecule has 35 heavy (non-hydrogen) atoms. The first-order valence-electron chi connectivity index (χ1n) is 11.2. The number of nitrogens with one attached hydrogen (secondary N) is 1. The van der Waals surface area contributed by atoms with Crippen LogP contribution in [0.5, 0.6) is 0 Å². The Morgan fingerprint density at radius 2 is 1.60 bits per heavy atom. The Hall–Kier alpha value is -4.17. The fourth-order valence-corrected chi connectivity index (χ4v) is 4.18. The van der Waals surface area contributed by atoms with Gasteiger partial charge in [-0.25, -0.2) is 13.9 Å². The molecular formula is C26H22ClN5O3. The number of halogens is 1. The fourth-order valence-electron chi connectivity index (χ4n) is 4.05. The van der Waals surface area contributed by atoms with Crippen molar-refractivity contribution < 1.29 is 4.79 Å². The molecule has 5 aromatic rings. The molecule has 1 amide bonds. The van der Waals surface area contributed by atoms with Crippen molar-refractivity contribution in [3.05, 3.63) is 116 Å². The summed E-state index contributed by atoms with van der Waals surface area (Å²) in [6, 6.07) is 23.8. The second-order valence-electron chi connectivity index (χ2n) is 8.19. The molecule has 176 valence electrons. The maximum absolute atomic E-state index is 13.3. The van der Waals surface area contributed by atoms with Gasteiger partial charge in [-0.1, -0.05) is 66.2 Å². The van der Waals surface area contributed by atoms with Crippen LogP contribution >= 0.6 is 11.6 Å². The number of para-hydroxylation sites is 1. The maximum Gasteiger partial charge on any atom is 0.352 e. The van der Waals surface area contributed by atoms with Gasteiger partial charge in [0.2, 0.25) is 11.7 Å². The van der Waals surface area contributed by atoms with Gasteiger partial charge in [-0.3, -0.25) is 14.2 Å². The molecule has 0 bridgehead atoms. The van der Waals surface area contributed by atoms with Crippen molar-refractivity contribution in [2.75, 3.05) is 0 Å². The van der Waals surface area contributed by atoms with E-state index in [2.05, 4.69) is 10.4 Å². The summed E-state index contributed by atoms with van der Waals surface area (Å²) in [6.07, 6.45) is 0.595. The van der Waals surface area contributed by atoms with Crippen LogP contribution in [0.3, 0.4) is 0 Å². The molecule has 0 aliphatic rings. The highest BCUT2D eigenvalue weighted by Gasteiger charge is 2.18. The molecule has 0 saturated carbocycles. The fraction of sp³-hybridized carbons (Fsp3) is 0.154. The summed E-state index contributed by atoms with van der Waals surface area (Å²) >= 11 is 5.90. The highest BCUT2D eigenvalue weighted by atomic mass is 35.5. The SMILES string of the molecule is O=C(Cn1nc2n(CCc3ccccc3)c(=O)c3ccccc3n2c1=O)NCc1ccc(Cl)cc1. The number of aromatic nitrogens is 4. The lowest BCUT2D eigenvalue weighted by molar-refractivity contribution is -0.122. The predicted octanol–water partition coefficient (Wildman–Crippen LogP) is 3.02. The molecule has 0 atom stereocenters. The van der Waals surface area contributed by atoms with Gasteiger partial charge in [-0.05, 0) is 41.8 Å². The summed E-state index contributed by atoms with van der Waals surface area (Å²) in [7, 11) is 0. The Balaban J connectivity index is 1.48. The lowest BCUT2D eigenvalue weighted by atomic mass is 10.1. The number of rotatable bonds is 7. The Morgan fingerprint density at radius 3 is 2.37 bits per heavy atom. The second kappa shape index (κ2) is 9.60. The minimum atomic E-state index is -0.480. The van der Waals surface area contributed by atoms with Crippen molar-refractivity contribution in [1.29, 1.82) is 0 Å². The highest BCUT2D eigenvalue weighted by Crippen LogP contribution is 2.12. The Bertz CT molecular complexity index is 1640. The van der Waals surface area contributed by atoms with Crippen LogP contribution in [0.15, 0.2) is 88.5 Å². The van der Waals surface area contributed by atoms with E-state index in [9.17, 15) is 14.4 Å². The van der Waals surface area contributed by atoms with Gasteiger partial charge < -0.3 is 5.32 Å². The van der Waals surface area contributed by atoms with E-state index < -0.39 is 5.69 Å². The van der Waals surface area contributed by atoms with Crippen LogP contribution in [0.2, 0.25) is 5.02 Å². The van der Waals surface area contributed by atoms with Gasteiger partial charge in [0.25, 0.3) is 5.56 Å². The van der Waals surface area contributed by atoms with Gasteiger partial charge >= 0.3 is 5.69 Å². The monoisotopic (exact) mass is 487 g/mol. The molecule has 0 radical (unpaired) electrons. The molecule has 0 aliphatic carbocycles. The molecule has 0 saturated heterocycles. The van der Waals surface area contributed by atoms with Crippen LogP contribution < -0.4 is 16.6 Å². The smallest absolute Gasteiger partial charge is 0.350 e. The zero-order chi connectivity index (χ0) is 24.4. The van der Waals surface area contributed by atoms with Gasteiger partial charge in [0.15, 0.2) is 0 Å². The first-order valence-corrected chi connectivity index (χ1v) is 11.6. The number of carbonyl (C=O) groups is 1. The minimum absolute atomic E-state index is 0.208. The average molecular weight is 488 g/mol. The van der Waals surface area contributed by atoms with Crippen LogP contribution in [0.1, 0.15) is 11.1 Å². The molecule has 0 unspecified atom stereocenters. The number of hydrogen-bond acceptors (Lipinski definition) is 4. The third kappa shape index (κ3) is 4.61. The molecule has 9 heteroatoms. The van der Waals surface area contributed by atoms with Crippen molar-refractivity contribution in [3.63, 3.8) is 0 Å². The van der Waals surface area contributed by atoms with E-state index in [0.717, 1.165) is 15.8 Å². The van der Waals surface area contributed by atoms with E-state index in [1.165, 1.54) is 8.97 Å². The second-order valence-corrected chi connectivity index (χ2v) is 8.62. The molecule has 1 N–H and O–H groups in total. The van der Waals surface area contributed by atoms with Crippen LogP contribution in [0, 0.1) is 0 Å². The third-order valence-corrected chi connectivity index (χ3v) is 6.10. The van der Waals surface area contributed by atoms with Gasteiger partial charge in [-0.15, -0.1) is 5.10 Å². The molecule has 0 spiro atoms. The quantitative estimate of drug-likeness (QED) is 0.382. The van der Waals surface area contributed by atoms with Gasteiger partial charge in [0, 0.05) is 18.1 Å². The van der Waals surface area contributed by atoms with Crippen LogP contribution in [-0.2, 0) is 30.8 Å². The van der Waals surface area contributed by atoms with Crippen molar-refractivity contribution in [1.82, 2.24) is 24.1 Å². The Labute approximate surface area is 205 Å². The standard InChI is InChI=1S/C26H22ClN5O3/c27-20-12-10-19(11-13-20)16-28-23(33)17-31-26(35)32-22-9-5-4-8-21(22)24(34)30(25(32)29-31)15-14-18-6-2-1-3-7-18/h1-13H,14-17H2,(H,28,33). The Kier molecular flexibility index (Phi) is 6.20. The molecular weight excluding hydrogens is 466 g/mol. The summed E-state index contributed by atoms with van der Waals surface area (Å²) in [5, 5.41) is 8.21. The number of amides is 1. The lowest BCUT2D eigenvalue weighted by Crippen LogP contribution is -2.32. The zero-order valence-corrected chi connectivity index (χ0v) is 19.5. The number of hydrogen-bond donors (Lipinski definition) is 1. The topological polar surface area (TPSA) is 90.4 Å².